The molecule has 7 heteroatoms. The largest absolute Gasteiger partial charge is 0.480 e. The molecule has 7 nitrogen and oxygen atoms in total. The number of nitrogens with zero attached hydrogens (tertiary/aromatic N) is 2. The molecule has 2 heterocycles. The van der Waals surface area contributed by atoms with Gasteiger partial charge in [0.05, 0.1) is 0 Å². The van der Waals surface area contributed by atoms with Crippen molar-refractivity contribution in [2.75, 3.05) is 13.1 Å². The van der Waals surface area contributed by atoms with E-state index in [0.29, 0.717) is 32.4 Å². The van der Waals surface area contributed by atoms with E-state index >= 15 is 0 Å². The van der Waals surface area contributed by atoms with Crippen LogP contribution in [0.15, 0.2) is 30.3 Å². The number of carbonyl (C=O) groups excluding carboxylic acids is 2. The minimum atomic E-state index is -1.04. The Morgan fingerprint density at radius 1 is 1.24 bits per heavy atom. The molecule has 1 aromatic rings. The van der Waals surface area contributed by atoms with Gasteiger partial charge in [0, 0.05) is 13.1 Å². The van der Waals surface area contributed by atoms with E-state index in [9.17, 15) is 19.5 Å². The highest BCUT2D eigenvalue weighted by molar-refractivity contribution is 5.95. The summed E-state index contributed by atoms with van der Waals surface area (Å²) in [5.41, 5.74) is -0.0692. The molecule has 0 saturated carbocycles. The van der Waals surface area contributed by atoms with Crippen LogP contribution in [-0.2, 0) is 20.9 Å². The fourth-order valence-corrected chi connectivity index (χ4v) is 3.71. The first-order valence-electron chi connectivity index (χ1n) is 8.48. The number of amides is 2. The third-order valence-corrected chi connectivity index (χ3v) is 5.16. The van der Waals surface area contributed by atoms with Crippen molar-refractivity contribution in [3.63, 3.8) is 0 Å². The van der Waals surface area contributed by atoms with Gasteiger partial charge in [-0.15, -0.1) is 0 Å². The van der Waals surface area contributed by atoms with Crippen molar-refractivity contribution in [3.8, 4) is 0 Å². The van der Waals surface area contributed by atoms with Crippen molar-refractivity contribution in [2.24, 2.45) is 0 Å². The highest BCUT2D eigenvalue weighted by Gasteiger charge is 2.56. The van der Waals surface area contributed by atoms with E-state index < -0.39 is 23.6 Å². The highest BCUT2D eigenvalue weighted by atomic mass is 16.6. The molecule has 0 radical (unpaired) electrons. The van der Waals surface area contributed by atoms with Crippen molar-refractivity contribution in [1.82, 2.24) is 9.80 Å². The average Bonchev–Trinajstić information content (AvgIpc) is 3.18. The van der Waals surface area contributed by atoms with Gasteiger partial charge in [0.15, 0.2) is 0 Å². The van der Waals surface area contributed by atoms with Gasteiger partial charge >= 0.3 is 12.1 Å². The van der Waals surface area contributed by atoms with Gasteiger partial charge in [0.25, 0.3) is 0 Å². The second-order valence-corrected chi connectivity index (χ2v) is 6.59. The van der Waals surface area contributed by atoms with Crippen LogP contribution in [0.2, 0.25) is 0 Å². The van der Waals surface area contributed by atoms with E-state index in [1.165, 1.54) is 16.7 Å². The Hall–Kier alpha value is -2.57. The number of carboxylic acids is 1. The SMILES string of the molecule is C[C@@H](C(=O)O)N1CCC2(CCCN2C(=O)OCc2ccccc2)C1=O. The molecule has 0 aliphatic carbocycles. The van der Waals surface area contributed by atoms with Crippen molar-refractivity contribution in [3.05, 3.63) is 35.9 Å². The maximum atomic E-state index is 12.9. The Balaban J connectivity index is 1.70. The minimum absolute atomic E-state index is 0.148. The lowest BCUT2D eigenvalue weighted by Crippen LogP contribution is -2.54. The third kappa shape index (κ3) is 3.06. The van der Waals surface area contributed by atoms with Crippen LogP contribution in [0.3, 0.4) is 0 Å². The molecule has 1 N–H and O–H groups in total. The molecule has 3 rings (SSSR count). The van der Waals surface area contributed by atoms with Crippen LogP contribution in [0.25, 0.3) is 0 Å². The van der Waals surface area contributed by atoms with Crippen LogP contribution in [0.1, 0.15) is 31.7 Å². The van der Waals surface area contributed by atoms with Gasteiger partial charge < -0.3 is 14.7 Å². The molecule has 2 amide bonds. The Kier molecular flexibility index (Phi) is 4.65. The second-order valence-electron chi connectivity index (χ2n) is 6.59. The van der Waals surface area contributed by atoms with Crippen molar-refractivity contribution in [2.45, 2.75) is 44.4 Å². The molecular formula is C18H22N2O5. The third-order valence-electron chi connectivity index (χ3n) is 5.16. The van der Waals surface area contributed by atoms with E-state index in [2.05, 4.69) is 0 Å². The number of benzene rings is 1. The monoisotopic (exact) mass is 346 g/mol. The van der Waals surface area contributed by atoms with Crippen LogP contribution in [-0.4, -0.2) is 57.5 Å². The minimum Gasteiger partial charge on any atom is -0.480 e. The summed E-state index contributed by atoms with van der Waals surface area (Å²) in [6.07, 6.45) is 1.19. The van der Waals surface area contributed by atoms with Gasteiger partial charge in [0.1, 0.15) is 18.2 Å². The molecule has 2 aliphatic rings. The molecule has 1 spiro atoms. The fourth-order valence-electron chi connectivity index (χ4n) is 3.71. The summed E-state index contributed by atoms with van der Waals surface area (Å²) in [6, 6.07) is 8.46. The average molecular weight is 346 g/mol. The van der Waals surface area contributed by atoms with E-state index in [1.54, 1.807) is 0 Å². The summed E-state index contributed by atoms with van der Waals surface area (Å²) in [5, 5.41) is 9.18. The van der Waals surface area contributed by atoms with E-state index in [-0.39, 0.29) is 12.5 Å². The predicted molar refractivity (Wildman–Crippen MR) is 88.7 cm³/mol. The number of rotatable bonds is 4. The molecule has 134 valence electrons. The fraction of sp³-hybridized carbons (Fsp3) is 0.500. The molecule has 25 heavy (non-hydrogen) atoms. The summed E-state index contributed by atoms with van der Waals surface area (Å²) in [6.45, 7) is 2.44. The topological polar surface area (TPSA) is 87.2 Å². The number of ether oxygens (including phenoxy) is 1. The van der Waals surface area contributed by atoms with Gasteiger partial charge in [-0.1, -0.05) is 30.3 Å². The summed E-state index contributed by atoms with van der Waals surface area (Å²) in [4.78, 5) is 39.5. The number of carboxylic acid groups (broad SMARTS) is 1. The zero-order chi connectivity index (χ0) is 18.0. The predicted octanol–water partition coefficient (Wildman–Crippen LogP) is 1.86. The molecule has 2 fully saturated rings. The Morgan fingerprint density at radius 2 is 1.96 bits per heavy atom. The summed E-state index contributed by atoms with van der Waals surface area (Å²) in [7, 11) is 0. The van der Waals surface area contributed by atoms with E-state index in [0.717, 1.165) is 5.56 Å². The first-order valence-corrected chi connectivity index (χ1v) is 8.48. The van der Waals surface area contributed by atoms with Crippen molar-refractivity contribution >= 4 is 18.0 Å². The second kappa shape index (κ2) is 6.74. The van der Waals surface area contributed by atoms with Crippen LogP contribution >= 0.6 is 0 Å². The molecule has 1 unspecified atom stereocenters. The van der Waals surface area contributed by atoms with Crippen molar-refractivity contribution in [1.29, 1.82) is 0 Å². The maximum absolute atomic E-state index is 12.9. The maximum Gasteiger partial charge on any atom is 0.411 e. The van der Waals surface area contributed by atoms with Gasteiger partial charge in [-0.3, -0.25) is 9.69 Å². The van der Waals surface area contributed by atoms with Crippen LogP contribution in [0.5, 0.6) is 0 Å². The summed E-state index contributed by atoms with van der Waals surface area (Å²) >= 11 is 0. The van der Waals surface area contributed by atoms with Crippen LogP contribution in [0, 0.1) is 0 Å². The molecule has 1 aromatic carbocycles. The lowest BCUT2D eigenvalue weighted by atomic mass is 9.94. The van der Waals surface area contributed by atoms with Gasteiger partial charge in [0.2, 0.25) is 5.91 Å². The van der Waals surface area contributed by atoms with E-state index in [4.69, 9.17) is 4.74 Å². The molecule has 2 saturated heterocycles. The highest BCUT2D eigenvalue weighted by Crippen LogP contribution is 2.40. The smallest absolute Gasteiger partial charge is 0.411 e. The van der Waals surface area contributed by atoms with Crippen LogP contribution in [0.4, 0.5) is 4.79 Å². The zero-order valence-corrected chi connectivity index (χ0v) is 14.2. The quantitative estimate of drug-likeness (QED) is 0.899. The van der Waals surface area contributed by atoms with Gasteiger partial charge in [-0.05, 0) is 31.7 Å². The normalized spacial score (nSPS) is 24.0. The number of likely N-dealkylation sites (tertiary alicyclic amines) is 2. The first kappa shape index (κ1) is 17.3. The summed E-state index contributed by atoms with van der Waals surface area (Å²) in [5.74, 6) is -1.32. The molecule has 0 bridgehead atoms. The number of carbonyl (C=O) groups is 3. The Morgan fingerprint density at radius 3 is 2.64 bits per heavy atom. The Bertz CT molecular complexity index is 677. The van der Waals surface area contributed by atoms with Crippen LogP contribution < -0.4 is 0 Å². The van der Waals surface area contributed by atoms with Gasteiger partial charge in [-0.2, -0.15) is 0 Å². The first-order chi connectivity index (χ1) is 12.0. The number of hydrogen-bond acceptors (Lipinski definition) is 4. The summed E-state index contributed by atoms with van der Waals surface area (Å²) < 4.78 is 5.39. The number of aliphatic carboxylic acids is 1. The Labute approximate surface area is 146 Å². The van der Waals surface area contributed by atoms with Gasteiger partial charge in [-0.25, -0.2) is 9.59 Å². The zero-order valence-electron chi connectivity index (χ0n) is 14.2. The molecular weight excluding hydrogens is 324 g/mol. The molecule has 0 aromatic heterocycles. The lowest BCUT2D eigenvalue weighted by molar-refractivity contribution is -0.150. The number of hydrogen-bond donors (Lipinski definition) is 1. The van der Waals surface area contributed by atoms with Crippen molar-refractivity contribution < 1.29 is 24.2 Å². The standard InChI is InChI=1S/C18H22N2O5/c1-13(15(21)22)19-11-9-18(16(19)23)8-5-10-20(18)17(24)25-12-14-6-3-2-4-7-14/h2-4,6-7,13H,5,8-12H2,1H3,(H,21,22)/t13-,18?/m0/s1. The lowest BCUT2D eigenvalue weighted by Gasteiger charge is -2.33. The molecule has 2 aliphatic heterocycles. The van der Waals surface area contributed by atoms with E-state index in [1.807, 2.05) is 30.3 Å². The molecule has 2 atom stereocenters.